The second-order valence-corrected chi connectivity index (χ2v) is 10.1. The summed E-state index contributed by atoms with van der Waals surface area (Å²) in [4.78, 5) is 32.5. The van der Waals surface area contributed by atoms with E-state index in [-0.39, 0.29) is 30.4 Å². The molecule has 0 aliphatic carbocycles. The van der Waals surface area contributed by atoms with E-state index in [1.54, 1.807) is 4.90 Å². The van der Waals surface area contributed by atoms with Gasteiger partial charge in [0.25, 0.3) is 0 Å². The molecule has 190 valence electrons. The van der Waals surface area contributed by atoms with Crippen LogP contribution in [0.4, 0.5) is 5.95 Å². The van der Waals surface area contributed by atoms with Crippen molar-refractivity contribution in [3.63, 3.8) is 0 Å². The largest absolute Gasteiger partial charge is 0.376 e. The molecular formula is C29H36N4O3. The summed E-state index contributed by atoms with van der Waals surface area (Å²) < 4.78 is 7.63. The highest BCUT2D eigenvalue weighted by Gasteiger charge is 2.25. The van der Waals surface area contributed by atoms with Crippen molar-refractivity contribution in [2.24, 2.45) is 5.92 Å². The molecular weight excluding hydrogens is 452 g/mol. The fourth-order valence-corrected chi connectivity index (χ4v) is 4.34. The van der Waals surface area contributed by atoms with Gasteiger partial charge in [-0.25, -0.2) is 4.98 Å². The Morgan fingerprint density at radius 3 is 2.36 bits per heavy atom. The Morgan fingerprint density at radius 1 is 1.08 bits per heavy atom. The normalized spacial score (nSPS) is 15.3. The van der Waals surface area contributed by atoms with E-state index in [9.17, 15) is 9.59 Å². The van der Waals surface area contributed by atoms with E-state index in [0.29, 0.717) is 25.5 Å². The summed E-state index contributed by atoms with van der Waals surface area (Å²) >= 11 is 0. The number of ether oxygens (including phenoxy) is 1. The van der Waals surface area contributed by atoms with Gasteiger partial charge in [0.15, 0.2) is 0 Å². The van der Waals surface area contributed by atoms with Crippen LogP contribution in [0.25, 0.3) is 16.9 Å². The number of anilines is 1. The molecule has 0 spiro atoms. The maximum absolute atomic E-state index is 13.2. The summed E-state index contributed by atoms with van der Waals surface area (Å²) in [6.07, 6.45) is 4.20. The standard InChI is InChI=1S/C29H36N4O3/c1-20(2)16-28(35)32(17-25-6-5-15-36-25)19-27(34)31-29-30-26(23-11-7-21(3)8-12-23)18-33(29)24-13-9-22(4)10-14-24/h7-14,18,20,25H,5-6,15-17,19H2,1-4H3,(H,30,31,34). The van der Waals surface area contributed by atoms with Crippen LogP contribution in [-0.2, 0) is 14.3 Å². The van der Waals surface area contributed by atoms with Crippen LogP contribution < -0.4 is 5.32 Å². The number of rotatable bonds is 9. The second kappa shape index (κ2) is 11.5. The lowest BCUT2D eigenvalue weighted by Crippen LogP contribution is -2.42. The Bertz CT molecular complexity index is 1180. The summed E-state index contributed by atoms with van der Waals surface area (Å²) in [5.41, 5.74) is 4.94. The van der Waals surface area contributed by atoms with Crippen LogP contribution in [0.5, 0.6) is 0 Å². The molecule has 7 nitrogen and oxygen atoms in total. The molecule has 1 aliphatic rings. The van der Waals surface area contributed by atoms with Crippen LogP contribution in [-0.4, -0.2) is 52.1 Å². The quantitative estimate of drug-likeness (QED) is 0.452. The predicted octanol–water partition coefficient (Wildman–Crippen LogP) is 5.15. The van der Waals surface area contributed by atoms with Gasteiger partial charge >= 0.3 is 0 Å². The topological polar surface area (TPSA) is 76.5 Å². The highest BCUT2D eigenvalue weighted by Crippen LogP contribution is 2.25. The smallest absolute Gasteiger partial charge is 0.246 e. The van der Waals surface area contributed by atoms with Gasteiger partial charge in [-0.1, -0.05) is 61.4 Å². The third-order valence-corrected chi connectivity index (χ3v) is 6.33. The molecule has 1 aliphatic heterocycles. The van der Waals surface area contributed by atoms with E-state index in [1.165, 1.54) is 5.56 Å². The van der Waals surface area contributed by atoms with Gasteiger partial charge in [0.1, 0.15) is 6.54 Å². The van der Waals surface area contributed by atoms with Crippen molar-refractivity contribution in [3.05, 3.63) is 65.9 Å². The molecule has 0 bridgehead atoms. The third kappa shape index (κ3) is 6.61. The Labute approximate surface area is 213 Å². The summed E-state index contributed by atoms with van der Waals surface area (Å²) in [7, 11) is 0. The first kappa shape index (κ1) is 25.6. The molecule has 1 atom stereocenters. The molecule has 4 rings (SSSR count). The Kier molecular flexibility index (Phi) is 8.21. The van der Waals surface area contributed by atoms with Crippen LogP contribution in [0.2, 0.25) is 0 Å². The van der Waals surface area contributed by atoms with E-state index in [0.717, 1.165) is 35.3 Å². The first-order valence-electron chi connectivity index (χ1n) is 12.7. The highest BCUT2D eigenvalue weighted by atomic mass is 16.5. The van der Waals surface area contributed by atoms with Gasteiger partial charge in [-0.3, -0.25) is 19.5 Å². The zero-order valence-electron chi connectivity index (χ0n) is 21.7. The molecule has 1 N–H and O–H groups in total. The monoisotopic (exact) mass is 488 g/mol. The maximum Gasteiger partial charge on any atom is 0.246 e. The molecule has 1 aromatic heterocycles. The van der Waals surface area contributed by atoms with E-state index in [2.05, 4.69) is 5.32 Å². The van der Waals surface area contributed by atoms with Gasteiger partial charge in [0.2, 0.25) is 17.8 Å². The van der Waals surface area contributed by atoms with Crippen molar-refractivity contribution >= 4 is 17.8 Å². The number of nitrogens with one attached hydrogen (secondary N) is 1. The average Bonchev–Trinajstić information content (AvgIpc) is 3.49. The Balaban J connectivity index is 1.58. The number of hydrogen-bond donors (Lipinski definition) is 1. The fourth-order valence-electron chi connectivity index (χ4n) is 4.34. The molecule has 1 unspecified atom stereocenters. The van der Waals surface area contributed by atoms with Crippen molar-refractivity contribution in [2.45, 2.75) is 53.1 Å². The molecule has 1 fully saturated rings. The van der Waals surface area contributed by atoms with Crippen LogP contribution in [0.1, 0.15) is 44.2 Å². The predicted molar refractivity (Wildman–Crippen MR) is 142 cm³/mol. The van der Waals surface area contributed by atoms with Crippen LogP contribution in [0.3, 0.4) is 0 Å². The lowest BCUT2D eigenvalue weighted by Gasteiger charge is -2.25. The summed E-state index contributed by atoms with van der Waals surface area (Å²) in [6.45, 7) is 9.20. The first-order valence-corrected chi connectivity index (χ1v) is 12.7. The van der Waals surface area contributed by atoms with E-state index in [4.69, 9.17) is 9.72 Å². The van der Waals surface area contributed by atoms with Gasteiger partial charge in [-0.2, -0.15) is 0 Å². The number of imidazole rings is 1. The number of nitrogens with zero attached hydrogens (tertiary/aromatic N) is 3. The number of hydrogen-bond acceptors (Lipinski definition) is 4. The van der Waals surface area contributed by atoms with Crippen LogP contribution in [0.15, 0.2) is 54.7 Å². The Hall–Kier alpha value is -3.45. The molecule has 2 amide bonds. The summed E-state index contributed by atoms with van der Waals surface area (Å²) in [6, 6.07) is 16.2. The lowest BCUT2D eigenvalue weighted by atomic mass is 10.1. The van der Waals surface area contributed by atoms with Gasteiger partial charge in [0, 0.05) is 37.0 Å². The number of carbonyl (C=O) groups is 2. The lowest BCUT2D eigenvalue weighted by molar-refractivity contribution is -0.136. The third-order valence-electron chi connectivity index (χ3n) is 6.33. The van der Waals surface area contributed by atoms with Crippen molar-refractivity contribution in [2.75, 3.05) is 25.0 Å². The van der Waals surface area contributed by atoms with Crippen molar-refractivity contribution in [3.8, 4) is 16.9 Å². The number of amides is 2. The maximum atomic E-state index is 13.2. The molecule has 0 saturated carbocycles. The summed E-state index contributed by atoms with van der Waals surface area (Å²) in [5, 5.41) is 2.97. The fraction of sp³-hybridized carbons (Fsp3) is 0.414. The number of carbonyl (C=O) groups excluding carboxylic acids is 2. The van der Waals surface area contributed by atoms with Crippen LogP contribution in [0, 0.1) is 19.8 Å². The SMILES string of the molecule is Cc1ccc(-c2cn(-c3ccc(C)cc3)c(NC(=O)CN(CC3CCCO3)C(=O)CC(C)C)n2)cc1. The minimum Gasteiger partial charge on any atom is -0.376 e. The molecule has 0 radical (unpaired) electrons. The van der Waals surface area contributed by atoms with Crippen LogP contribution >= 0.6 is 0 Å². The van der Waals surface area contributed by atoms with E-state index < -0.39 is 0 Å². The molecule has 36 heavy (non-hydrogen) atoms. The average molecular weight is 489 g/mol. The molecule has 2 aromatic carbocycles. The molecule has 3 aromatic rings. The highest BCUT2D eigenvalue weighted by molar-refractivity contribution is 5.94. The van der Waals surface area contributed by atoms with Gasteiger partial charge in [0.05, 0.1) is 11.8 Å². The molecule has 1 saturated heterocycles. The van der Waals surface area contributed by atoms with Crippen molar-refractivity contribution in [1.29, 1.82) is 0 Å². The Morgan fingerprint density at radius 2 is 1.75 bits per heavy atom. The number of aromatic nitrogens is 2. The minimum atomic E-state index is -0.278. The second-order valence-electron chi connectivity index (χ2n) is 10.1. The van der Waals surface area contributed by atoms with Gasteiger partial charge in [-0.05, 0) is 44.7 Å². The molecule has 7 heteroatoms. The zero-order chi connectivity index (χ0) is 25.7. The minimum absolute atomic E-state index is 0.0170. The zero-order valence-corrected chi connectivity index (χ0v) is 21.7. The van der Waals surface area contributed by atoms with E-state index in [1.807, 2.05) is 87.0 Å². The van der Waals surface area contributed by atoms with Crippen molar-refractivity contribution in [1.82, 2.24) is 14.5 Å². The van der Waals surface area contributed by atoms with Gasteiger partial charge in [-0.15, -0.1) is 0 Å². The van der Waals surface area contributed by atoms with E-state index >= 15 is 0 Å². The summed E-state index contributed by atoms with van der Waals surface area (Å²) in [5.74, 6) is 0.329. The number of aryl methyl sites for hydroxylation is 2. The van der Waals surface area contributed by atoms with Gasteiger partial charge < -0.3 is 9.64 Å². The first-order chi connectivity index (χ1) is 17.3. The van der Waals surface area contributed by atoms with Crippen molar-refractivity contribution < 1.29 is 14.3 Å². The number of benzene rings is 2. The molecule has 2 heterocycles.